The third kappa shape index (κ3) is 3.94. The molecule has 0 atom stereocenters. The molecular formula is C11H19N3. The number of nitrogens with two attached hydrogens (primary N) is 1. The van der Waals surface area contributed by atoms with E-state index in [1.807, 2.05) is 25.8 Å². The minimum absolute atomic E-state index is 0.752. The van der Waals surface area contributed by atoms with Crippen molar-refractivity contribution >= 4 is 6.21 Å². The first-order valence-corrected chi connectivity index (χ1v) is 4.54. The van der Waals surface area contributed by atoms with Gasteiger partial charge in [-0.05, 0) is 13.8 Å². The van der Waals surface area contributed by atoms with Gasteiger partial charge in [-0.15, -0.1) is 0 Å². The molecule has 0 rings (SSSR count). The molecule has 0 bridgehead atoms. The Balaban J connectivity index is 4.57. The molecule has 78 valence electrons. The van der Waals surface area contributed by atoms with Crippen LogP contribution in [-0.4, -0.2) is 24.7 Å². The van der Waals surface area contributed by atoms with Crippen molar-refractivity contribution in [3.63, 3.8) is 0 Å². The summed E-state index contributed by atoms with van der Waals surface area (Å²) in [5.74, 6) is 0. The normalized spacial score (nSPS) is 11.8. The summed E-state index contributed by atoms with van der Waals surface area (Å²) < 4.78 is 0. The Morgan fingerprint density at radius 1 is 1.50 bits per heavy atom. The van der Waals surface area contributed by atoms with Crippen LogP contribution in [0.15, 0.2) is 41.3 Å². The first-order valence-electron chi connectivity index (χ1n) is 4.54. The van der Waals surface area contributed by atoms with Crippen LogP contribution >= 0.6 is 0 Å². The fourth-order valence-electron chi connectivity index (χ4n) is 0.904. The average Bonchev–Trinajstić information content (AvgIpc) is 2.15. The number of rotatable bonds is 5. The van der Waals surface area contributed by atoms with Crippen molar-refractivity contribution in [1.29, 1.82) is 0 Å². The molecule has 3 heteroatoms. The van der Waals surface area contributed by atoms with Crippen LogP contribution in [0.5, 0.6) is 0 Å². The van der Waals surface area contributed by atoms with Crippen molar-refractivity contribution in [2.45, 2.75) is 13.8 Å². The van der Waals surface area contributed by atoms with Crippen LogP contribution in [0.4, 0.5) is 0 Å². The molecule has 2 N–H and O–H groups in total. The second-order valence-corrected chi connectivity index (χ2v) is 3.08. The molecule has 0 aromatic heterocycles. The summed E-state index contributed by atoms with van der Waals surface area (Å²) in [4.78, 5) is 6.07. The molecular weight excluding hydrogens is 174 g/mol. The molecule has 3 nitrogen and oxygen atoms in total. The lowest BCUT2D eigenvalue weighted by Crippen LogP contribution is -2.19. The first-order chi connectivity index (χ1) is 6.52. The van der Waals surface area contributed by atoms with E-state index in [-0.39, 0.29) is 0 Å². The number of aliphatic imine (C=N–C) groups is 1. The van der Waals surface area contributed by atoms with Crippen LogP contribution in [0.2, 0.25) is 0 Å². The van der Waals surface area contributed by atoms with E-state index in [4.69, 9.17) is 5.73 Å². The molecule has 14 heavy (non-hydrogen) atoms. The SMILES string of the molecule is C=C(C)N=CC(=C)/C(=C/N)N(C)CC. The molecule has 0 unspecified atom stereocenters. The second kappa shape index (κ2) is 6.02. The van der Waals surface area contributed by atoms with E-state index in [0.717, 1.165) is 23.5 Å². The summed E-state index contributed by atoms with van der Waals surface area (Å²) in [5.41, 5.74) is 7.94. The lowest BCUT2D eigenvalue weighted by Gasteiger charge is -2.20. The number of hydrogen-bond donors (Lipinski definition) is 1. The molecule has 0 aliphatic rings. The summed E-state index contributed by atoms with van der Waals surface area (Å²) in [7, 11) is 1.96. The lowest BCUT2D eigenvalue weighted by atomic mass is 10.2. The van der Waals surface area contributed by atoms with E-state index >= 15 is 0 Å². The molecule has 0 aromatic carbocycles. The first kappa shape index (κ1) is 12.5. The average molecular weight is 193 g/mol. The smallest absolute Gasteiger partial charge is 0.0604 e. The molecule has 0 spiro atoms. The van der Waals surface area contributed by atoms with Gasteiger partial charge in [0.2, 0.25) is 0 Å². The van der Waals surface area contributed by atoms with Gasteiger partial charge in [0.1, 0.15) is 0 Å². The van der Waals surface area contributed by atoms with Gasteiger partial charge >= 0.3 is 0 Å². The van der Waals surface area contributed by atoms with Crippen molar-refractivity contribution in [1.82, 2.24) is 4.90 Å². The van der Waals surface area contributed by atoms with Gasteiger partial charge in [-0.25, -0.2) is 0 Å². The summed E-state index contributed by atoms with van der Waals surface area (Å²) in [6, 6.07) is 0. The Labute approximate surface area is 86.3 Å². The maximum atomic E-state index is 5.51. The van der Waals surface area contributed by atoms with E-state index in [0.29, 0.717) is 0 Å². The standard InChI is InChI=1S/C11H19N3/c1-6-14(5)11(7-12)10(4)8-13-9(2)3/h7-8H,2,4,6,12H2,1,3,5H3/b11-7-,13-8?. The molecule has 0 aromatic rings. The second-order valence-electron chi connectivity index (χ2n) is 3.08. The van der Waals surface area contributed by atoms with E-state index in [2.05, 4.69) is 18.2 Å². The number of likely N-dealkylation sites (N-methyl/N-ethyl adjacent to an activating group) is 1. The van der Waals surface area contributed by atoms with Crippen molar-refractivity contribution in [2.24, 2.45) is 10.7 Å². The van der Waals surface area contributed by atoms with Crippen molar-refractivity contribution in [3.8, 4) is 0 Å². The maximum absolute atomic E-state index is 5.51. The zero-order valence-electron chi connectivity index (χ0n) is 9.25. The summed E-state index contributed by atoms with van der Waals surface area (Å²) >= 11 is 0. The van der Waals surface area contributed by atoms with Crippen LogP contribution in [0.3, 0.4) is 0 Å². The Morgan fingerprint density at radius 2 is 2.07 bits per heavy atom. The molecule has 0 saturated carbocycles. The number of nitrogens with zero attached hydrogens (tertiary/aromatic N) is 2. The molecule has 0 amide bonds. The minimum atomic E-state index is 0.752. The largest absolute Gasteiger partial charge is 0.403 e. The molecule has 0 aliphatic carbocycles. The fraction of sp³-hybridized carbons (Fsp3) is 0.364. The van der Waals surface area contributed by atoms with Crippen LogP contribution < -0.4 is 5.73 Å². The zero-order chi connectivity index (χ0) is 11.1. The fourth-order valence-corrected chi connectivity index (χ4v) is 0.904. The Kier molecular flexibility index (Phi) is 5.37. The highest BCUT2D eigenvalue weighted by Gasteiger charge is 2.03. The molecule has 0 heterocycles. The Bertz CT molecular complexity index is 274. The summed E-state index contributed by atoms with van der Waals surface area (Å²) in [5, 5.41) is 0. The highest BCUT2D eigenvalue weighted by Crippen LogP contribution is 2.08. The van der Waals surface area contributed by atoms with E-state index < -0.39 is 0 Å². The highest BCUT2D eigenvalue weighted by molar-refractivity contribution is 5.83. The van der Waals surface area contributed by atoms with Crippen molar-refractivity contribution in [3.05, 3.63) is 36.3 Å². The van der Waals surface area contributed by atoms with Gasteiger partial charge in [0.15, 0.2) is 0 Å². The Morgan fingerprint density at radius 3 is 2.43 bits per heavy atom. The van der Waals surface area contributed by atoms with E-state index in [9.17, 15) is 0 Å². The van der Waals surface area contributed by atoms with Gasteiger partial charge in [0, 0.05) is 37.3 Å². The van der Waals surface area contributed by atoms with Gasteiger partial charge in [-0.2, -0.15) is 0 Å². The van der Waals surface area contributed by atoms with Gasteiger partial charge in [-0.1, -0.05) is 13.2 Å². The third-order valence-electron chi connectivity index (χ3n) is 1.81. The van der Waals surface area contributed by atoms with E-state index in [1.54, 1.807) is 6.21 Å². The highest BCUT2D eigenvalue weighted by atomic mass is 15.1. The van der Waals surface area contributed by atoms with Gasteiger partial charge in [0.05, 0.1) is 5.70 Å². The molecule has 0 aliphatic heterocycles. The van der Waals surface area contributed by atoms with Gasteiger partial charge < -0.3 is 10.6 Å². The topological polar surface area (TPSA) is 41.6 Å². The van der Waals surface area contributed by atoms with Crippen LogP contribution in [0.25, 0.3) is 0 Å². The van der Waals surface area contributed by atoms with Crippen LogP contribution in [0.1, 0.15) is 13.8 Å². The van der Waals surface area contributed by atoms with Crippen molar-refractivity contribution < 1.29 is 0 Å². The molecule has 0 saturated heterocycles. The minimum Gasteiger partial charge on any atom is -0.403 e. The zero-order valence-corrected chi connectivity index (χ0v) is 9.25. The quantitative estimate of drug-likeness (QED) is 0.535. The third-order valence-corrected chi connectivity index (χ3v) is 1.81. The predicted molar refractivity (Wildman–Crippen MR) is 63.0 cm³/mol. The Hall–Kier alpha value is -1.51. The predicted octanol–water partition coefficient (Wildman–Crippen LogP) is 1.90. The van der Waals surface area contributed by atoms with Gasteiger partial charge in [-0.3, -0.25) is 4.99 Å². The van der Waals surface area contributed by atoms with Crippen molar-refractivity contribution in [2.75, 3.05) is 13.6 Å². The maximum Gasteiger partial charge on any atom is 0.0604 e. The number of hydrogen-bond acceptors (Lipinski definition) is 3. The molecule has 0 fully saturated rings. The van der Waals surface area contributed by atoms with Crippen LogP contribution in [0, 0.1) is 0 Å². The van der Waals surface area contributed by atoms with Gasteiger partial charge in [0.25, 0.3) is 0 Å². The number of allylic oxidation sites excluding steroid dienone is 2. The van der Waals surface area contributed by atoms with E-state index in [1.165, 1.54) is 6.20 Å². The summed E-state index contributed by atoms with van der Waals surface area (Å²) in [6.45, 7) is 12.3. The summed E-state index contributed by atoms with van der Waals surface area (Å²) in [6.07, 6.45) is 3.21. The van der Waals surface area contributed by atoms with Crippen LogP contribution in [-0.2, 0) is 0 Å². The lowest BCUT2D eigenvalue weighted by molar-refractivity contribution is 0.452. The monoisotopic (exact) mass is 193 g/mol. The molecule has 0 radical (unpaired) electrons.